The molecule has 0 aliphatic carbocycles. The predicted molar refractivity (Wildman–Crippen MR) is 68.9 cm³/mol. The highest BCUT2D eigenvalue weighted by molar-refractivity contribution is 7.80. The van der Waals surface area contributed by atoms with Gasteiger partial charge in [-0.05, 0) is 32.3 Å². The molecular formula is C12H16N2O2S. The van der Waals surface area contributed by atoms with Gasteiger partial charge in [0.1, 0.15) is 5.76 Å². The summed E-state index contributed by atoms with van der Waals surface area (Å²) in [4.78, 5) is 14.5. The molecule has 1 atom stereocenters. The van der Waals surface area contributed by atoms with Crippen molar-refractivity contribution in [3.05, 3.63) is 23.7 Å². The minimum absolute atomic E-state index is 0.0336. The Hall–Kier alpha value is -1.36. The lowest BCUT2D eigenvalue weighted by Crippen LogP contribution is -2.49. The summed E-state index contributed by atoms with van der Waals surface area (Å²) in [6.45, 7) is 2.50. The third-order valence-electron chi connectivity index (χ3n) is 3.18. The first-order valence-electron chi connectivity index (χ1n) is 5.75. The summed E-state index contributed by atoms with van der Waals surface area (Å²) in [6, 6.07) is 1.59. The number of amides is 1. The first kappa shape index (κ1) is 12.1. The monoisotopic (exact) mass is 252 g/mol. The Morgan fingerprint density at radius 3 is 2.94 bits per heavy atom. The Morgan fingerprint density at radius 1 is 1.59 bits per heavy atom. The molecule has 2 heterocycles. The molecule has 1 unspecified atom stereocenters. The van der Waals surface area contributed by atoms with E-state index < -0.39 is 0 Å². The molecule has 1 aliphatic rings. The third-order valence-corrected chi connectivity index (χ3v) is 3.45. The Morgan fingerprint density at radius 2 is 2.35 bits per heavy atom. The summed E-state index contributed by atoms with van der Waals surface area (Å²) in [7, 11) is 0. The van der Waals surface area contributed by atoms with Gasteiger partial charge >= 0.3 is 0 Å². The number of carbonyl (C=O) groups excluding carboxylic acids is 1. The van der Waals surface area contributed by atoms with Crippen LogP contribution in [-0.4, -0.2) is 28.4 Å². The maximum Gasteiger partial charge on any atom is 0.257 e. The highest BCUT2D eigenvalue weighted by atomic mass is 32.1. The molecule has 1 saturated heterocycles. The number of likely N-dealkylation sites (tertiary alicyclic amines) is 1. The Balaban J connectivity index is 2.23. The fourth-order valence-corrected chi connectivity index (χ4v) is 2.48. The van der Waals surface area contributed by atoms with Crippen molar-refractivity contribution >= 4 is 23.1 Å². The second-order valence-corrected chi connectivity index (χ2v) is 4.77. The third kappa shape index (κ3) is 2.34. The van der Waals surface area contributed by atoms with Crippen LogP contribution in [-0.2, 0) is 0 Å². The van der Waals surface area contributed by atoms with Gasteiger partial charge in [0.05, 0.1) is 22.9 Å². The van der Waals surface area contributed by atoms with E-state index in [-0.39, 0.29) is 11.9 Å². The van der Waals surface area contributed by atoms with Gasteiger partial charge in [0.15, 0.2) is 0 Å². The van der Waals surface area contributed by atoms with Crippen LogP contribution in [0.4, 0.5) is 0 Å². The quantitative estimate of drug-likeness (QED) is 0.816. The maximum absolute atomic E-state index is 12.3. The summed E-state index contributed by atoms with van der Waals surface area (Å²) in [5.41, 5.74) is 6.31. The van der Waals surface area contributed by atoms with Crippen molar-refractivity contribution in [2.45, 2.75) is 32.2 Å². The first-order chi connectivity index (χ1) is 8.11. The topological polar surface area (TPSA) is 59.5 Å². The molecule has 1 aromatic rings. The summed E-state index contributed by atoms with van der Waals surface area (Å²) in [6.07, 6.45) is 4.46. The van der Waals surface area contributed by atoms with E-state index in [4.69, 9.17) is 22.4 Å². The molecule has 0 bridgehead atoms. The van der Waals surface area contributed by atoms with Gasteiger partial charge in [-0.1, -0.05) is 12.2 Å². The molecule has 0 aromatic carbocycles. The lowest BCUT2D eigenvalue weighted by atomic mass is 10.0. The summed E-state index contributed by atoms with van der Waals surface area (Å²) in [5, 5.41) is 0. The fraction of sp³-hybridized carbons (Fsp3) is 0.500. The number of furan rings is 1. The Bertz CT molecular complexity index is 441. The molecule has 5 heteroatoms. The van der Waals surface area contributed by atoms with Crippen molar-refractivity contribution in [1.29, 1.82) is 0 Å². The van der Waals surface area contributed by atoms with Crippen LogP contribution in [0.2, 0.25) is 0 Å². The normalized spacial score (nSPS) is 20.3. The van der Waals surface area contributed by atoms with Crippen LogP contribution in [0.5, 0.6) is 0 Å². The lowest BCUT2D eigenvalue weighted by molar-refractivity contribution is 0.0679. The zero-order chi connectivity index (χ0) is 12.4. The molecule has 1 amide bonds. The van der Waals surface area contributed by atoms with Crippen molar-refractivity contribution < 1.29 is 9.21 Å². The van der Waals surface area contributed by atoms with Crippen LogP contribution in [0, 0.1) is 6.92 Å². The average molecular weight is 252 g/mol. The summed E-state index contributed by atoms with van der Waals surface area (Å²) >= 11 is 5.03. The molecule has 92 valence electrons. The van der Waals surface area contributed by atoms with Gasteiger partial charge < -0.3 is 15.1 Å². The molecule has 17 heavy (non-hydrogen) atoms. The van der Waals surface area contributed by atoms with E-state index >= 15 is 0 Å². The standard InChI is InChI=1S/C12H16N2O2S/c1-8-9(5-7-16-8)12(15)14-6-3-2-4-10(14)11(13)17/h5,7,10H,2-4,6H2,1H3,(H2,13,17). The number of nitrogens with two attached hydrogens (primary N) is 1. The molecule has 0 saturated carbocycles. The van der Waals surface area contributed by atoms with Crippen molar-refractivity contribution in [2.24, 2.45) is 5.73 Å². The number of carbonyl (C=O) groups is 1. The smallest absolute Gasteiger partial charge is 0.257 e. The van der Waals surface area contributed by atoms with Crippen LogP contribution in [0.1, 0.15) is 35.4 Å². The van der Waals surface area contributed by atoms with Crippen LogP contribution in [0.15, 0.2) is 16.7 Å². The van der Waals surface area contributed by atoms with Crippen LogP contribution >= 0.6 is 12.2 Å². The summed E-state index contributed by atoms with van der Waals surface area (Å²) < 4.78 is 5.16. The van der Waals surface area contributed by atoms with E-state index in [1.165, 1.54) is 6.26 Å². The van der Waals surface area contributed by atoms with Crippen LogP contribution in [0.25, 0.3) is 0 Å². The lowest BCUT2D eigenvalue weighted by Gasteiger charge is -2.34. The van der Waals surface area contributed by atoms with Crippen LogP contribution < -0.4 is 5.73 Å². The van der Waals surface area contributed by atoms with E-state index in [0.717, 1.165) is 19.3 Å². The van der Waals surface area contributed by atoms with Crippen molar-refractivity contribution in [2.75, 3.05) is 6.54 Å². The zero-order valence-corrected chi connectivity index (χ0v) is 10.6. The predicted octanol–water partition coefficient (Wildman–Crippen LogP) is 1.87. The average Bonchev–Trinajstić information content (AvgIpc) is 2.74. The SMILES string of the molecule is Cc1occc1C(=O)N1CCCCC1C(N)=S. The second kappa shape index (κ2) is 4.87. The highest BCUT2D eigenvalue weighted by Gasteiger charge is 2.30. The number of hydrogen-bond donors (Lipinski definition) is 1. The van der Waals surface area contributed by atoms with Crippen molar-refractivity contribution in [3.63, 3.8) is 0 Å². The number of nitrogens with zero attached hydrogens (tertiary/aromatic N) is 1. The van der Waals surface area contributed by atoms with E-state index in [9.17, 15) is 4.79 Å². The van der Waals surface area contributed by atoms with Crippen LogP contribution in [0.3, 0.4) is 0 Å². The van der Waals surface area contributed by atoms with Crippen molar-refractivity contribution in [3.8, 4) is 0 Å². The largest absolute Gasteiger partial charge is 0.469 e. The molecule has 2 rings (SSSR count). The van der Waals surface area contributed by atoms with Gasteiger partial charge in [0, 0.05) is 6.54 Å². The number of piperidine rings is 1. The molecule has 2 N–H and O–H groups in total. The van der Waals surface area contributed by atoms with Gasteiger partial charge in [-0.3, -0.25) is 4.79 Å². The molecule has 1 fully saturated rings. The van der Waals surface area contributed by atoms with E-state index in [0.29, 0.717) is 22.9 Å². The molecular weight excluding hydrogens is 236 g/mol. The molecule has 1 aromatic heterocycles. The number of aryl methyl sites for hydroxylation is 1. The first-order valence-corrected chi connectivity index (χ1v) is 6.16. The van der Waals surface area contributed by atoms with Gasteiger partial charge in [0.25, 0.3) is 5.91 Å². The Kier molecular flexibility index (Phi) is 3.47. The number of rotatable bonds is 2. The van der Waals surface area contributed by atoms with Crippen molar-refractivity contribution in [1.82, 2.24) is 4.90 Å². The minimum Gasteiger partial charge on any atom is -0.469 e. The molecule has 0 spiro atoms. The highest BCUT2D eigenvalue weighted by Crippen LogP contribution is 2.21. The van der Waals surface area contributed by atoms with Gasteiger partial charge in [-0.15, -0.1) is 0 Å². The molecule has 1 aliphatic heterocycles. The number of thiocarbonyl (C=S) groups is 1. The van der Waals surface area contributed by atoms with Gasteiger partial charge in [-0.25, -0.2) is 0 Å². The molecule has 4 nitrogen and oxygen atoms in total. The maximum atomic E-state index is 12.3. The number of hydrogen-bond acceptors (Lipinski definition) is 3. The van der Waals surface area contributed by atoms with E-state index in [1.54, 1.807) is 17.9 Å². The van der Waals surface area contributed by atoms with Gasteiger partial charge in [0.2, 0.25) is 0 Å². The van der Waals surface area contributed by atoms with E-state index in [2.05, 4.69) is 0 Å². The van der Waals surface area contributed by atoms with Gasteiger partial charge in [-0.2, -0.15) is 0 Å². The van der Waals surface area contributed by atoms with E-state index in [1.807, 2.05) is 0 Å². The Labute approximate surface area is 106 Å². The second-order valence-electron chi connectivity index (χ2n) is 4.30. The summed E-state index contributed by atoms with van der Waals surface area (Å²) in [5.74, 6) is 0.607. The zero-order valence-electron chi connectivity index (χ0n) is 9.81. The molecule has 0 radical (unpaired) electrons. The minimum atomic E-state index is -0.111. The fourth-order valence-electron chi connectivity index (χ4n) is 2.23.